The van der Waals surface area contributed by atoms with E-state index in [0.717, 1.165) is 39.8 Å². The largest absolute Gasteiger partial charge is 0.323 e. The van der Waals surface area contributed by atoms with Gasteiger partial charge in [-0.2, -0.15) is 0 Å². The third-order valence-electron chi connectivity index (χ3n) is 4.10. The number of aromatic nitrogens is 2. The summed E-state index contributed by atoms with van der Waals surface area (Å²) in [5, 5.41) is 0.760. The molecule has 1 atom stereocenters. The molecule has 2 N–H and O–H groups in total. The van der Waals surface area contributed by atoms with Gasteiger partial charge in [-0.05, 0) is 63.1 Å². The molecule has 0 aliphatic carbocycles. The molecule has 3 rings (SSSR count). The third kappa shape index (κ3) is 6.85. The quantitative estimate of drug-likeness (QED) is 0.483. The van der Waals surface area contributed by atoms with Crippen molar-refractivity contribution in [1.82, 2.24) is 9.97 Å². The standard InChI is InChI=1S/C17H16FN3.C6H11N.C2H6/c1-10-16(15-5-3-4-8-20-15)13-9-12(18)6-7-14(13)21-17(10)11(2)19;1-3-5-7-6-4-2;1-2/h3-9,11H,19H2,1-2H3;3,5-6H,4H2,1-2H3;1-2H3/b;5-3-,7-6?;. The van der Waals surface area contributed by atoms with E-state index in [2.05, 4.69) is 21.9 Å². The van der Waals surface area contributed by atoms with Crippen LogP contribution in [0, 0.1) is 12.7 Å². The number of fused-ring (bicyclic) bond motifs is 1. The molecule has 3 aromatic rings. The van der Waals surface area contributed by atoms with Crippen LogP contribution in [0.4, 0.5) is 4.39 Å². The van der Waals surface area contributed by atoms with Gasteiger partial charge >= 0.3 is 0 Å². The molecule has 160 valence electrons. The average molecular weight is 409 g/mol. The maximum absolute atomic E-state index is 13.7. The summed E-state index contributed by atoms with van der Waals surface area (Å²) in [4.78, 5) is 12.9. The van der Waals surface area contributed by atoms with Crippen molar-refractivity contribution >= 4 is 17.1 Å². The van der Waals surface area contributed by atoms with Gasteiger partial charge in [-0.15, -0.1) is 0 Å². The number of aliphatic imine (C=N–C) groups is 1. The molecular weight excluding hydrogens is 375 g/mol. The Morgan fingerprint density at radius 3 is 2.50 bits per heavy atom. The predicted molar refractivity (Wildman–Crippen MR) is 127 cm³/mol. The van der Waals surface area contributed by atoms with Gasteiger partial charge < -0.3 is 5.73 Å². The average Bonchev–Trinajstić information content (AvgIpc) is 2.76. The fourth-order valence-corrected chi connectivity index (χ4v) is 2.89. The van der Waals surface area contributed by atoms with Crippen molar-refractivity contribution < 1.29 is 4.39 Å². The molecule has 0 aliphatic rings. The maximum atomic E-state index is 13.7. The van der Waals surface area contributed by atoms with Gasteiger partial charge in [-0.3, -0.25) is 15.0 Å². The zero-order chi connectivity index (χ0) is 22.5. The zero-order valence-corrected chi connectivity index (χ0v) is 18.9. The highest BCUT2D eigenvalue weighted by Crippen LogP contribution is 2.33. The minimum absolute atomic E-state index is 0.193. The van der Waals surface area contributed by atoms with E-state index in [0.29, 0.717) is 0 Å². The Morgan fingerprint density at radius 2 is 1.93 bits per heavy atom. The van der Waals surface area contributed by atoms with E-state index in [4.69, 9.17) is 5.73 Å². The summed E-state index contributed by atoms with van der Waals surface area (Å²) in [5.41, 5.74) is 10.2. The Balaban J connectivity index is 0.000000428. The van der Waals surface area contributed by atoms with E-state index in [1.165, 1.54) is 12.1 Å². The SMILES string of the molecule is C/C=C\N=CCC.CC.Cc1c(C(C)N)nc2ccc(F)cc2c1-c1ccccn1. The van der Waals surface area contributed by atoms with Crippen LogP contribution in [0.3, 0.4) is 0 Å². The van der Waals surface area contributed by atoms with Crippen LogP contribution < -0.4 is 5.73 Å². The van der Waals surface area contributed by atoms with Gasteiger partial charge in [0.1, 0.15) is 5.82 Å². The van der Waals surface area contributed by atoms with Crippen molar-refractivity contribution in [3.63, 3.8) is 0 Å². The fraction of sp³-hybridized carbons (Fsp3) is 0.320. The van der Waals surface area contributed by atoms with Crippen LogP contribution >= 0.6 is 0 Å². The van der Waals surface area contributed by atoms with Crippen LogP contribution in [0.5, 0.6) is 0 Å². The van der Waals surface area contributed by atoms with Crippen LogP contribution in [0.1, 0.15) is 58.3 Å². The first-order chi connectivity index (χ1) is 14.5. The molecule has 0 aliphatic heterocycles. The molecule has 0 spiro atoms. The number of rotatable bonds is 4. The topological polar surface area (TPSA) is 64.2 Å². The van der Waals surface area contributed by atoms with Crippen molar-refractivity contribution in [2.45, 2.75) is 54.0 Å². The van der Waals surface area contributed by atoms with Gasteiger partial charge in [0.15, 0.2) is 0 Å². The van der Waals surface area contributed by atoms with E-state index in [1.54, 1.807) is 18.5 Å². The molecule has 4 nitrogen and oxygen atoms in total. The monoisotopic (exact) mass is 408 g/mol. The van der Waals surface area contributed by atoms with E-state index in [-0.39, 0.29) is 11.9 Å². The lowest BCUT2D eigenvalue weighted by molar-refractivity contribution is 0.629. The number of allylic oxidation sites excluding steroid dienone is 1. The molecule has 0 saturated carbocycles. The number of hydrogen-bond acceptors (Lipinski definition) is 4. The highest BCUT2D eigenvalue weighted by Gasteiger charge is 2.16. The normalized spacial score (nSPS) is 11.7. The molecule has 2 heterocycles. The van der Waals surface area contributed by atoms with E-state index in [9.17, 15) is 4.39 Å². The van der Waals surface area contributed by atoms with Crippen molar-refractivity contribution in [3.05, 3.63) is 71.9 Å². The van der Waals surface area contributed by atoms with E-state index in [1.807, 2.05) is 65.1 Å². The van der Waals surface area contributed by atoms with Gasteiger partial charge in [0.05, 0.1) is 16.9 Å². The second-order valence-corrected chi connectivity index (χ2v) is 6.38. The van der Waals surface area contributed by atoms with Gasteiger partial charge in [0.2, 0.25) is 0 Å². The maximum Gasteiger partial charge on any atom is 0.123 e. The number of benzene rings is 1. The van der Waals surface area contributed by atoms with Gasteiger partial charge in [0, 0.05) is 35.6 Å². The first kappa shape index (κ1) is 25.1. The first-order valence-electron chi connectivity index (χ1n) is 10.4. The van der Waals surface area contributed by atoms with Gasteiger partial charge in [0.25, 0.3) is 0 Å². The Kier molecular flexibility index (Phi) is 11.2. The van der Waals surface area contributed by atoms with Crippen LogP contribution in [0.15, 0.2) is 59.9 Å². The molecule has 2 aromatic heterocycles. The van der Waals surface area contributed by atoms with Crippen LogP contribution in [-0.2, 0) is 0 Å². The third-order valence-corrected chi connectivity index (χ3v) is 4.10. The second-order valence-electron chi connectivity index (χ2n) is 6.38. The molecule has 0 fully saturated rings. The number of halogens is 1. The number of nitrogens with two attached hydrogens (primary N) is 1. The van der Waals surface area contributed by atoms with Crippen LogP contribution in [0.25, 0.3) is 22.2 Å². The molecule has 0 saturated heterocycles. The molecule has 0 radical (unpaired) electrons. The Morgan fingerprint density at radius 1 is 1.20 bits per heavy atom. The lowest BCUT2D eigenvalue weighted by Crippen LogP contribution is -2.11. The van der Waals surface area contributed by atoms with Crippen molar-refractivity contribution in [2.24, 2.45) is 10.7 Å². The molecule has 1 aromatic carbocycles. The lowest BCUT2D eigenvalue weighted by Gasteiger charge is -2.16. The molecule has 30 heavy (non-hydrogen) atoms. The Bertz CT molecular complexity index is 964. The van der Waals surface area contributed by atoms with E-state index >= 15 is 0 Å². The van der Waals surface area contributed by atoms with Crippen LogP contribution in [-0.4, -0.2) is 16.2 Å². The summed E-state index contributed by atoms with van der Waals surface area (Å²) in [7, 11) is 0. The van der Waals surface area contributed by atoms with Crippen molar-refractivity contribution in [2.75, 3.05) is 0 Å². The molecular formula is C25H33FN4. The van der Waals surface area contributed by atoms with Crippen molar-refractivity contribution in [3.8, 4) is 11.3 Å². The summed E-state index contributed by atoms with van der Waals surface area (Å²) in [6.45, 7) is 11.9. The minimum Gasteiger partial charge on any atom is -0.323 e. The number of nitrogens with zero attached hydrogens (tertiary/aromatic N) is 3. The van der Waals surface area contributed by atoms with Gasteiger partial charge in [-0.25, -0.2) is 4.39 Å². The number of pyridine rings is 2. The first-order valence-corrected chi connectivity index (χ1v) is 10.4. The lowest BCUT2D eigenvalue weighted by atomic mass is 9.96. The number of hydrogen-bond donors (Lipinski definition) is 1. The highest BCUT2D eigenvalue weighted by atomic mass is 19.1. The summed E-state index contributed by atoms with van der Waals surface area (Å²) >= 11 is 0. The predicted octanol–water partition coefficient (Wildman–Crippen LogP) is 6.79. The zero-order valence-electron chi connectivity index (χ0n) is 18.9. The highest BCUT2D eigenvalue weighted by molar-refractivity contribution is 5.95. The smallest absolute Gasteiger partial charge is 0.123 e. The van der Waals surface area contributed by atoms with Crippen molar-refractivity contribution in [1.29, 1.82) is 0 Å². The Hall–Kier alpha value is -2.92. The second kappa shape index (κ2) is 13.3. The summed E-state index contributed by atoms with van der Waals surface area (Å²) in [5.74, 6) is -0.283. The fourth-order valence-electron chi connectivity index (χ4n) is 2.89. The summed E-state index contributed by atoms with van der Waals surface area (Å²) < 4.78 is 13.7. The van der Waals surface area contributed by atoms with Crippen LogP contribution in [0.2, 0.25) is 0 Å². The molecule has 0 amide bonds. The van der Waals surface area contributed by atoms with E-state index < -0.39 is 0 Å². The molecule has 5 heteroatoms. The Labute approximate surface area is 179 Å². The molecule has 1 unspecified atom stereocenters. The minimum atomic E-state index is -0.283. The van der Waals surface area contributed by atoms with Gasteiger partial charge in [-0.1, -0.05) is 32.9 Å². The molecule has 0 bridgehead atoms. The summed E-state index contributed by atoms with van der Waals surface area (Å²) in [6.07, 6.45) is 8.31. The summed E-state index contributed by atoms with van der Waals surface area (Å²) in [6, 6.07) is 10.1.